The number of carbonyl (C=O) groups is 1. The predicted octanol–water partition coefficient (Wildman–Crippen LogP) is 1.02. The lowest BCUT2D eigenvalue weighted by atomic mass is 9.90. The van der Waals surface area contributed by atoms with Crippen LogP contribution in [0.5, 0.6) is 0 Å². The fraction of sp³-hybridized carbons (Fsp3) is 0.692. The van der Waals surface area contributed by atoms with Crippen molar-refractivity contribution in [2.45, 2.75) is 32.4 Å². The van der Waals surface area contributed by atoms with E-state index >= 15 is 0 Å². The summed E-state index contributed by atoms with van der Waals surface area (Å²) in [5.41, 5.74) is 6.39. The first-order valence-corrected chi connectivity index (χ1v) is 6.65. The Balaban J connectivity index is 2.02. The van der Waals surface area contributed by atoms with Gasteiger partial charge in [0.15, 0.2) is 11.5 Å². The molecule has 2 unspecified atom stereocenters. The highest BCUT2D eigenvalue weighted by Gasteiger charge is 2.29. The maximum Gasteiger partial charge on any atom is 0.276 e. The first kappa shape index (κ1) is 14.0. The Bertz CT molecular complexity index is 433. The zero-order valence-electron chi connectivity index (χ0n) is 11.5. The third-order valence-corrected chi connectivity index (χ3v) is 3.67. The Hall–Kier alpha value is -1.40. The first-order valence-electron chi connectivity index (χ1n) is 6.65. The minimum atomic E-state index is -0.0866. The molecule has 2 heterocycles. The molecule has 0 aliphatic carbocycles. The summed E-state index contributed by atoms with van der Waals surface area (Å²) in [5, 5.41) is 3.80. The molecule has 6 nitrogen and oxygen atoms in total. The standard InChI is InChI=1S/C13H21N3O3/c1-3-9-7-16(5-4-11(9)14)13(17)12-6-10(8-18-2)19-15-12/h6,9,11H,3-5,7-8,14H2,1-2H3. The molecule has 1 amide bonds. The second-order valence-electron chi connectivity index (χ2n) is 4.98. The van der Waals surface area contributed by atoms with Crippen LogP contribution in [-0.4, -0.2) is 42.2 Å². The molecule has 106 valence electrons. The largest absolute Gasteiger partial charge is 0.377 e. The monoisotopic (exact) mass is 267 g/mol. The second kappa shape index (κ2) is 6.16. The van der Waals surface area contributed by atoms with Gasteiger partial charge in [0.1, 0.15) is 6.61 Å². The van der Waals surface area contributed by atoms with Crippen molar-refractivity contribution in [2.24, 2.45) is 11.7 Å². The Morgan fingerprint density at radius 2 is 2.47 bits per heavy atom. The lowest BCUT2D eigenvalue weighted by Crippen LogP contribution is -2.49. The van der Waals surface area contributed by atoms with Gasteiger partial charge in [0, 0.05) is 32.3 Å². The minimum absolute atomic E-state index is 0.0866. The number of methoxy groups -OCH3 is 1. The van der Waals surface area contributed by atoms with Gasteiger partial charge in [-0.1, -0.05) is 18.5 Å². The molecule has 2 atom stereocenters. The van der Waals surface area contributed by atoms with Crippen molar-refractivity contribution in [3.05, 3.63) is 17.5 Å². The molecule has 0 aromatic carbocycles. The number of amides is 1. The van der Waals surface area contributed by atoms with Gasteiger partial charge in [0.2, 0.25) is 0 Å². The first-order chi connectivity index (χ1) is 9.15. The fourth-order valence-corrected chi connectivity index (χ4v) is 2.45. The fourth-order valence-electron chi connectivity index (χ4n) is 2.45. The lowest BCUT2D eigenvalue weighted by molar-refractivity contribution is 0.0638. The zero-order valence-corrected chi connectivity index (χ0v) is 11.5. The van der Waals surface area contributed by atoms with E-state index in [0.29, 0.717) is 37.1 Å². The average Bonchev–Trinajstić information content (AvgIpc) is 2.87. The number of carbonyl (C=O) groups excluding carboxylic acids is 1. The number of rotatable bonds is 4. The van der Waals surface area contributed by atoms with Crippen molar-refractivity contribution in [3.63, 3.8) is 0 Å². The van der Waals surface area contributed by atoms with E-state index in [1.54, 1.807) is 13.2 Å². The highest BCUT2D eigenvalue weighted by Crippen LogP contribution is 2.20. The SMILES string of the molecule is CCC1CN(C(=O)c2cc(COC)on2)CCC1N. The zero-order chi connectivity index (χ0) is 13.8. The molecular formula is C13H21N3O3. The molecule has 0 bridgehead atoms. The predicted molar refractivity (Wildman–Crippen MR) is 69.5 cm³/mol. The van der Waals surface area contributed by atoms with Gasteiger partial charge in [0.25, 0.3) is 5.91 Å². The Morgan fingerprint density at radius 3 is 3.16 bits per heavy atom. The summed E-state index contributed by atoms with van der Waals surface area (Å²) in [6, 6.07) is 1.83. The molecule has 1 aliphatic rings. The summed E-state index contributed by atoms with van der Waals surface area (Å²) in [6.45, 7) is 3.81. The van der Waals surface area contributed by atoms with Gasteiger partial charge in [0.05, 0.1) is 0 Å². The number of hydrogen-bond acceptors (Lipinski definition) is 5. The number of ether oxygens (including phenoxy) is 1. The van der Waals surface area contributed by atoms with Crippen LogP contribution < -0.4 is 5.73 Å². The summed E-state index contributed by atoms with van der Waals surface area (Å²) in [5.74, 6) is 0.839. The Labute approximate surface area is 112 Å². The van der Waals surface area contributed by atoms with Gasteiger partial charge >= 0.3 is 0 Å². The van der Waals surface area contributed by atoms with Crippen LogP contribution in [-0.2, 0) is 11.3 Å². The number of hydrogen-bond donors (Lipinski definition) is 1. The molecule has 0 spiro atoms. The molecule has 2 rings (SSSR count). The average molecular weight is 267 g/mol. The lowest BCUT2D eigenvalue weighted by Gasteiger charge is -2.36. The maximum absolute atomic E-state index is 12.3. The van der Waals surface area contributed by atoms with Gasteiger partial charge in [-0.2, -0.15) is 0 Å². The molecule has 1 saturated heterocycles. The van der Waals surface area contributed by atoms with Crippen molar-refractivity contribution in [1.29, 1.82) is 0 Å². The summed E-state index contributed by atoms with van der Waals surface area (Å²) >= 11 is 0. The molecule has 0 radical (unpaired) electrons. The molecule has 6 heteroatoms. The highest BCUT2D eigenvalue weighted by molar-refractivity contribution is 5.92. The van der Waals surface area contributed by atoms with Crippen LogP contribution in [0.15, 0.2) is 10.6 Å². The van der Waals surface area contributed by atoms with Gasteiger partial charge in [-0.3, -0.25) is 4.79 Å². The normalized spacial score (nSPS) is 23.6. The second-order valence-corrected chi connectivity index (χ2v) is 4.98. The molecule has 1 aromatic heterocycles. The van der Waals surface area contributed by atoms with Crippen molar-refractivity contribution < 1.29 is 14.1 Å². The van der Waals surface area contributed by atoms with Crippen molar-refractivity contribution in [1.82, 2.24) is 10.1 Å². The van der Waals surface area contributed by atoms with E-state index in [9.17, 15) is 4.79 Å². The third-order valence-electron chi connectivity index (χ3n) is 3.67. The summed E-state index contributed by atoms with van der Waals surface area (Å²) in [7, 11) is 1.57. The maximum atomic E-state index is 12.3. The van der Waals surface area contributed by atoms with E-state index < -0.39 is 0 Å². The smallest absolute Gasteiger partial charge is 0.276 e. The topological polar surface area (TPSA) is 81.6 Å². The highest BCUT2D eigenvalue weighted by atomic mass is 16.5. The summed E-state index contributed by atoms with van der Waals surface area (Å²) in [4.78, 5) is 14.1. The summed E-state index contributed by atoms with van der Waals surface area (Å²) in [6.07, 6.45) is 1.83. The number of nitrogens with zero attached hydrogens (tertiary/aromatic N) is 2. The molecule has 1 aromatic rings. The number of likely N-dealkylation sites (tertiary alicyclic amines) is 1. The third kappa shape index (κ3) is 3.13. The molecule has 1 aliphatic heterocycles. The van der Waals surface area contributed by atoms with E-state index in [1.165, 1.54) is 0 Å². The van der Waals surface area contributed by atoms with Crippen molar-refractivity contribution >= 4 is 5.91 Å². The van der Waals surface area contributed by atoms with Crippen LogP contribution in [0.2, 0.25) is 0 Å². The summed E-state index contributed by atoms with van der Waals surface area (Å²) < 4.78 is 9.98. The van der Waals surface area contributed by atoms with Crippen LogP contribution in [0.25, 0.3) is 0 Å². The molecular weight excluding hydrogens is 246 g/mol. The van der Waals surface area contributed by atoms with Gasteiger partial charge in [-0.25, -0.2) is 0 Å². The molecule has 2 N–H and O–H groups in total. The van der Waals surface area contributed by atoms with Gasteiger partial charge < -0.3 is 19.9 Å². The van der Waals surface area contributed by atoms with Gasteiger partial charge in [-0.15, -0.1) is 0 Å². The molecule has 0 saturated carbocycles. The van der Waals surface area contributed by atoms with E-state index in [4.69, 9.17) is 15.0 Å². The van der Waals surface area contributed by atoms with Crippen LogP contribution in [0.4, 0.5) is 0 Å². The van der Waals surface area contributed by atoms with Crippen LogP contribution in [0.3, 0.4) is 0 Å². The molecule has 1 fully saturated rings. The number of nitrogens with two attached hydrogens (primary N) is 1. The van der Waals surface area contributed by atoms with Crippen LogP contribution in [0, 0.1) is 5.92 Å². The van der Waals surface area contributed by atoms with Crippen LogP contribution in [0.1, 0.15) is 36.0 Å². The van der Waals surface area contributed by atoms with Crippen LogP contribution >= 0.6 is 0 Å². The minimum Gasteiger partial charge on any atom is -0.377 e. The number of aromatic nitrogens is 1. The number of piperidine rings is 1. The van der Waals surface area contributed by atoms with E-state index in [0.717, 1.165) is 12.8 Å². The van der Waals surface area contributed by atoms with Crippen molar-refractivity contribution in [3.8, 4) is 0 Å². The van der Waals surface area contributed by atoms with Crippen molar-refractivity contribution in [2.75, 3.05) is 20.2 Å². The van der Waals surface area contributed by atoms with E-state index in [-0.39, 0.29) is 11.9 Å². The van der Waals surface area contributed by atoms with E-state index in [2.05, 4.69) is 12.1 Å². The van der Waals surface area contributed by atoms with Gasteiger partial charge in [-0.05, 0) is 12.3 Å². The Morgan fingerprint density at radius 1 is 1.68 bits per heavy atom. The van der Waals surface area contributed by atoms with E-state index in [1.807, 2.05) is 4.90 Å². The quantitative estimate of drug-likeness (QED) is 0.880. The molecule has 19 heavy (non-hydrogen) atoms. The Kier molecular flexibility index (Phi) is 4.55.